The molecule has 1 rings (SSSR count). The minimum Gasteiger partial charge on any atom is -0.326 e. The van der Waals surface area contributed by atoms with Crippen LogP contribution in [-0.2, 0) is 4.79 Å². The molecule has 0 heterocycles. The SMILES string of the molecule is CC(=O)Nc1ccccc1C(C)Cl. The summed E-state index contributed by atoms with van der Waals surface area (Å²) in [5, 5.41) is 2.64. The van der Waals surface area contributed by atoms with E-state index < -0.39 is 0 Å². The molecule has 0 aliphatic heterocycles. The molecule has 1 N–H and O–H groups in total. The summed E-state index contributed by atoms with van der Waals surface area (Å²) in [4.78, 5) is 10.8. The van der Waals surface area contributed by atoms with E-state index in [2.05, 4.69) is 5.32 Å². The van der Waals surface area contributed by atoms with E-state index in [1.54, 1.807) is 0 Å². The van der Waals surface area contributed by atoms with Crippen molar-refractivity contribution in [2.75, 3.05) is 5.32 Å². The molecule has 70 valence electrons. The monoisotopic (exact) mass is 197 g/mol. The first-order chi connectivity index (χ1) is 6.11. The quantitative estimate of drug-likeness (QED) is 0.726. The summed E-state index contributed by atoms with van der Waals surface area (Å²) in [6.45, 7) is 3.36. The molecular formula is C10H12ClNO. The predicted octanol–water partition coefficient (Wildman–Crippen LogP) is 2.94. The predicted molar refractivity (Wildman–Crippen MR) is 55.0 cm³/mol. The second-order valence-corrected chi connectivity index (χ2v) is 3.54. The number of anilines is 1. The molecule has 0 aliphatic carbocycles. The number of carbonyl (C=O) groups is 1. The Morgan fingerprint density at radius 2 is 2.08 bits per heavy atom. The molecule has 0 aromatic heterocycles. The summed E-state index contributed by atoms with van der Waals surface area (Å²) in [7, 11) is 0. The third kappa shape index (κ3) is 2.74. The summed E-state index contributed by atoms with van der Waals surface area (Å²) in [5.74, 6) is -0.0789. The molecule has 13 heavy (non-hydrogen) atoms. The van der Waals surface area contributed by atoms with E-state index in [1.165, 1.54) is 6.92 Å². The standard InChI is InChI=1S/C10H12ClNO/c1-7(11)9-5-3-4-6-10(9)12-8(2)13/h3-7H,1-2H3,(H,12,13). The number of carbonyl (C=O) groups excluding carboxylic acids is 1. The van der Waals surface area contributed by atoms with Gasteiger partial charge in [0.25, 0.3) is 0 Å². The van der Waals surface area contributed by atoms with Crippen LogP contribution in [0, 0.1) is 0 Å². The fourth-order valence-corrected chi connectivity index (χ4v) is 1.34. The van der Waals surface area contributed by atoms with Gasteiger partial charge in [-0.2, -0.15) is 0 Å². The third-order valence-electron chi connectivity index (χ3n) is 1.70. The Morgan fingerprint density at radius 1 is 1.46 bits per heavy atom. The number of benzene rings is 1. The number of amides is 1. The Labute approximate surface area is 82.9 Å². The highest BCUT2D eigenvalue weighted by Gasteiger charge is 2.07. The van der Waals surface area contributed by atoms with Crippen LogP contribution >= 0.6 is 11.6 Å². The molecule has 0 fully saturated rings. The molecule has 1 atom stereocenters. The summed E-state index contributed by atoms with van der Waals surface area (Å²) in [6.07, 6.45) is 0. The largest absolute Gasteiger partial charge is 0.326 e. The fourth-order valence-electron chi connectivity index (χ4n) is 1.15. The second kappa shape index (κ2) is 4.28. The van der Waals surface area contributed by atoms with Gasteiger partial charge >= 0.3 is 0 Å². The second-order valence-electron chi connectivity index (χ2n) is 2.88. The van der Waals surface area contributed by atoms with Crippen molar-refractivity contribution in [2.24, 2.45) is 0 Å². The average molecular weight is 198 g/mol. The van der Waals surface area contributed by atoms with Gasteiger partial charge in [0, 0.05) is 12.6 Å². The molecule has 1 aromatic carbocycles. The normalized spacial score (nSPS) is 12.2. The Hall–Kier alpha value is -1.02. The Morgan fingerprint density at radius 3 is 2.62 bits per heavy atom. The average Bonchev–Trinajstić information content (AvgIpc) is 2.03. The molecule has 0 aliphatic rings. The highest BCUT2D eigenvalue weighted by molar-refractivity contribution is 6.21. The van der Waals surface area contributed by atoms with Crippen molar-refractivity contribution in [1.29, 1.82) is 0 Å². The zero-order valence-corrected chi connectivity index (χ0v) is 8.43. The Bertz CT molecular complexity index is 310. The van der Waals surface area contributed by atoms with Gasteiger partial charge in [-0.05, 0) is 18.6 Å². The summed E-state index contributed by atoms with van der Waals surface area (Å²) in [6, 6.07) is 7.52. The van der Waals surface area contributed by atoms with Crippen LogP contribution in [0.25, 0.3) is 0 Å². The minimum atomic E-state index is -0.0944. The van der Waals surface area contributed by atoms with Gasteiger partial charge in [0.05, 0.1) is 5.38 Å². The lowest BCUT2D eigenvalue weighted by molar-refractivity contribution is -0.114. The number of nitrogens with one attached hydrogen (secondary N) is 1. The lowest BCUT2D eigenvalue weighted by atomic mass is 10.1. The van der Waals surface area contributed by atoms with E-state index in [0.717, 1.165) is 11.3 Å². The third-order valence-corrected chi connectivity index (χ3v) is 1.94. The maximum Gasteiger partial charge on any atom is 0.221 e. The van der Waals surface area contributed by atoms with Crippen molar-refractivity contribution in [2.45, 2.75) is 19.2 Å². The molecule has 1 aromatic rings. The first-order valence-corrected chi connectivity index (χ1v) is 4.55. The number of alkyl halides is 1. The molecular weight excluding hydrogens is 186 g/mol. The zero-order chi connectivity index (χ0) is 9.84. The molecule has 1 unspecified atom stereocenters. The molecule has 0 bridgehead atoms. The Balaban J connectivity index is 2.97. The van der Waals surface area contributed by atoms with Gasteiger partial charge < -0.3 is 5.32 Å². The van der Waals surface area contributed by atoms with Crippen LogP contribution in [0.15, 0.2) is 24.3 Å². The lowest BCUT2D eigenvalue weighted by Gasteiger charge is -2.10. The number of hydrogen-bond acceptors (Lipinski definition) is 1. The number of para-hydroxylation sites is 1. The maximum atomic E-state index is 10.8. The van der Waals surface area contributed by atoms with Crippen LogP contribution in [0.4, 0.5) is 5.69 Å². The van der Waals surface area contributed by atoms with Crippen LogP contribution in [0.5, 0.6) is 0 Å². The van der Waals surface area contributed by atoms with Crippen LogP contribution in [0.1, 0.15) is 24.8 Å². The van der Waals surface area contributed by atoms with E-state index >= 15 is 0 Å². The summed E-state index contributed by atoms with van der Waals surface area (Å²) < 4.78 is 0. The lowest BCUT2D eigenvalue weighted by Crippen LogP contribution is -2.08. The van der Waals surface area contributed by atoms with E-state index in [0.29, 0.717) is 0 Å². The zero-order valence-electron chi connectivity index (χ0n) is 7.67. The highest BCUT2D eigenvalue weighted by atomic mass is 35.5. The van der Waals surface area contributed by atoms with E-state index in [4.69, 9.17) is 11.6 Å². The molecule has 1 amide bonds. The topological polar surface area (TPSA) is 29.1 Å². The van der Waals surface area contributed by atoms with Gasteiger partial charge in [-0.15, -0.1) is 11.6 Å². The molecule has 2 nitrogen and oxygen atoms in total. The van der Waals surface area contributed by atoms with Crippen molar-refractivity contribution in [3.63, 3.8) is 0 Å². The molecule has 0 radical (unpaired) electrons. The van der Waals surface area contributed by atoms with Crippen molar-refractivity contribution >= 4 is 23.2 Å². The number of halogens is 1. The number of hydrogen-bond donors (Lipinski definition) is 1. The summed E-state index contributed by atoms with van der Waals surface area (Å²) in [5.41, 5.74) is 1.73. The van der Waals surface area contributed by atoms with Crippen LogP contribution in [0.3, 0.4) is 0 Å². The first kappa shape index (κ1) is 10.1. The van der Waals surface area contributed by atoms with Gasteiger partial charge in [-0.1, -0.05) is 18.2 Å². The van der Waals surface area contributed by atoms with Gasteiger partial charge in [0.15, 0.2) is 0 Å². The first-order valence-electron chi connectivity index (χ1n) is 4.12. The smallest absolute Gasteiger partial charge is 0.221 e. The van der Waals surface area contributed by atoms with E-state index in [1.807, 2.05) is 31.2 Å². The molecule has 0 saturated heterocycles. The number of rotatable bonds is 2. The van der Waals surface area contributed by atoms with Gasteiger partial charge in [0.1, 0.15) is 0 Å². The van der Waals surface area contributed by atoms with Crippen LogP contribution in [0.2, 0.25) is 0 Å². The van der Waals surface area contributed by atoms with E-state index in [9.17, 15) is 4.79 Å². The summed E-state index contributed by atoms with van der Waals surface area (Å²) >= 11 is 5.94. The van der Waals surface area contributed by atoms with Gasteiger partial charge in [-0.25, -0.2) is 0 Å². The van der Waals surface area contributed by atoms with Crippen LogP contribution < -0.4 is 5.32 Å². The van der Waals surface area contributed by atoms with Gasteiger partial charge in [0.2, 0.25) is 5.91 Å². The fraction of sp³-hybridized carbons (Fsp3) is 0.300. The highest BCUT2D eigenvalue weighted by Crippen LogP contribution is 2.26. The van der Waals surface area contributed by atoms with Crippen molar-refractivity contribution < 1.29 is 4.79 Å². The molecule has 0 saturated carbocycles. The van der Waals surface area contributed by atoms with E-state index in [-0.39, 0.29) is 11.3 Å². The van der Waals surface area contributed by atoms with Gasteiger partial charge in [-0.3, -0.25) is 4.79 Å². The Kier molecular flexibility index (Phi) is 3.32. The van der Waals surface area contributed by atoms with Crippen molar-refractivity contribution in [3.05, 3.63) is 29.8 Å². The van der Waals surface area contributed by atoms with Crippen molar-refractivity contribution in [1.82, 2.24) is 0 Å². The maximum absolute atomic E-state index is 10.8. The minimum absolute atomic E-state index is 0.0789. The molecule has 3 heteroatoms. The van der Waals surface area contributed by atoms with Crippen LogP contribution in [-0.4, -0.2) is 5.91 Å². The molecule has 0 spiro atoms. The van der Waals surface area contributed by atoms with Crippen molar-refractivity contribution in [3.8, 4) is 0 Å².